The second-order valence-corrected chi connectivity index (χ2v) is 13.0. The molecule has 3 aromatic carbocycles. The highest BCUT2D eigenvalue weighted by molar-refractivity contribution is 7.92. The van der Waals surface area contributed by atoms with Crippen molar-refractivity contribution in [3.05, 3.63) is 88.4 Å². The zero-order valence-electron chi connectivity index (χ0n) is 24.1. The number of benzene rings is 3. The summed E-state index contributed by atoms with van der Waals surface area (Å²) >= 11 is 5.90. The highest BCUT2D eigenvalue weighted by Gasteiger charge is 2.23. The SMILES string of the molecule is CCOc1cc(C)ccc1C1CCN(CCCCN(c2ccc(NC(=O)c3ccc(Cl)cc3)cc2)S(C)(=O)=O)CC1. The molecule has 0 atom stereocenters. The molecule has 0 bridgehead atoms. The van der Waals surface area contributed by atoms with Crippen LogP contribution >= 0.6 is 11.6 Å². The minimum absolute atomic E-state index is 0.257. The van der Waals surface area contributed by atoms with Gasteiger partial charge in [0.05, 0.1) is 18.6 Å². The molecular formula is C32H40ClN3O4S. The summed E-state index contributed by atoms with van der Waals surface area (Å²) in [5, 5.41) is 3.39. The van der Waals surface area contributed by atoms with Gasteiger partial charge in [0.2, 0.25) is 10.0 Å². The molecule has 1 saturated heterocycles. The number of likely N-dealkylation sites (tertiary alicyclic amines) is 1. The number of piperidine rings is 1. The Kier molecular flexibility index (Phi) is 10.7. The number of ether oxygens (including phenoxy) is 1. The van der Waals surface area contributed by atoms with Crippen LogP contribution in [0.3, 0.4) is 0 Å². The van der Waals surface area contributed by atoms with Crippen molar-refractivity contribution in [2.24, 2.45) is 0 Å². The number of carbonyl (C=O) groups is 1. The molecule has 0 aliphatic carbocycles. The van der Waals surface area contributed by atoms with Gasteiger partial charge in [-0.3, -0.25) is 9.10 Å². The fourth-order valence-corrected chi connectivity index (χ4v) is 6.41. The normalized spacial score (nSPS) is 14.5. The number of carbonyl (C=O) groups excluding carboxylic acids is 1. The summed E-state index contributed by atoms with van der Waals surface area (Å²) in [5.41, 5.74) is 4.20. The molecule has 1 aliphatic rings. The number of sulfonamides is 1. The maximum absolute atomic E-state index is 12.6. The molecule has 3 aromatic rings. The number of nitrogens with one attached hydrogen (secondary N) is 1. The maximum atomic E-state index is 12.6. The second kappa shape index (κ2) is 14.2. The Balaban J connectivity index is 1.26. The van der Waals surface area contributed by atoms with E-state index in [2.05, 4.69) is 35.3 Å². The number of hydrogen-bond acceptors (Lipinski definition) is 5. The Labute approximate surface area is 249 Å². The van der Waals surface area contributed by atoms with Crippen LogP contribution in [-0.4, -0.2) is 58.3 Å². The smallest absolute Gasteiger partial charge is 0.255 e. The Morgan fingerprint density at radius 2 is 1.71 bits per heavy atom. The number of anilines is 2. The first-order chi connectivity index (χ1) is 19.6. The predicted octanol–water partition coefficient (Wildman–Crippen LogP) is 6.73. The molecule has 0 radical (unpaired) electrons. The van der Waals surface area contributed by atoms with E-state index in [0.717, 1.165) is 51.1 Å². The third-order valence-electron chi connectivity index (χ3n) is 7.50. The molecule has 7 nitrogen and oxygen atoms in total. The fourth-order valence-electron chi connectivity index (χ4n) is 5.32. The Bertz CT molecular complexity index is 1400. The fraction of sp³-hybridized carbons (Fsp3) is 0.406. The monoisotopic (exact) mass is 597 g/mol. The number of halogens is 1. The van der Waals surface area contributed by atoms with Gasteiger partial charge in [0, 0.05) is 22.8 Å². The number of nitrogens with zero attached hydrogens (tertiary/aromatic N) is 2. The van der Waals surface area contributed by atoms with Crippen LogP contribution in [0.4, 0.5) is 11.4 Å². The van der Waals surface area contributed by atoms with Crippen molar-refractivity contribution < 1.29 is 17.9 Å². The van der Waals surface area contributed by atoms with E-state index in [-0.39, 0.29) is 5.91 Å². The molecule has 220 valence electrons. The van der Waals surface area contributed by atoms with E-state index in [1.807, 2.05) is 6.92 Å². The topological polar surface area (TPSA) is 79.0 Å². The van der Waals surface area contributed by atoms with Crippen LogP contribution in [-0.2, 0) is 10.0 Å². The highest BCUT2D eigenvalue weighted by Crippen LogP contribution is 2.35. The van der Waals surface area contributed by atoms with Crippen LogP contribution in [0.1, 0.15) is 60.0 Å². The Hall–Kier alpha value is -3.07. The van der Waals surface area contributed by atoms with Gasteiger partial charge in [-0.25, -0.2) is 8.42 Å². The van der Waals surface area contributed by atoms with Gasteiger partial charge in [0.1, 0.15) is 5.75 Å². The van der Waals surface area contributed by atoms with E-state index in [0.29, 0.717) is 41.0 Å². The summed E-state index contributed by atoms with van der Waals surface area (Å²) in [5.74, 6) is 1.27. The van der Waals surface area contributed by atoms with Crippen LogP contribution in [0.2, 0.25) is 5.02 Å². The third-order valence-corrected chi connectivity index (χ3v) is 8.95. The van der Waals surface area contributed by atoms with Crippen LogP contribution in [0.25, 0.3) is 0 Å². The van der Waals surface area contributed by atoms with Crippen molar-refractivity contribution in [2.75, 3.05) is 48.7 Å². The quantitative estimate of drug-likeness (QED) is 0.234. The summed E-state index contributed by atoms with van der Waals surface area (Å²) in [6.45, 7) is 8.22. The standard InChI is InChI=1S/C32H40ClN3O4S/c1-4-40-31-23-24(2)7-16-30(31)25-17-21-35(22-18-25)19-5-6-20-36(41(3,38)39)29-14-12-28(13-15-29)34-32(37)26-8-10-27(33)11-9-26/h7-16,23,25H,4-6,17-22H2,1-3H3,(H,34,37). The van der Waals surface area contributed by atoms with Crippen LogP contribution < -0.4 is 14.4 Å². The number of amides is 1. The van der Waals surface area contributed by atoms with Gasteiger partial charge in [0.25, 0.3) is 5.91 Å². The lowest BCUT2D eigenvalue weighted by atomic mass is 9.88. The molecule has 1 N–H and O–H groups in total. The van der Waals surface area contributed by atoms with Gasteiger partial charge in [-0.2, -0.15) is 0 Å². The van der Waals surface area contributed by atoms with E-state index in [9.17, 15) is 13.2 Å². The molecule has 0 unspecified atom stereocenters. The molecular weight excluding hydrogens is 558 g/mol. The minimum atomic E-state index is -3.45. The number of aryl methyl sites for hydroxylation is 1. The molecule has 1 fully saturated rings. The predicted molar refractivity (Wildman–Crippen MR) is 168 cm³/mol. The lowest BCUT2D eigenvalue weighted by Gasteiger charge is -2.33. The first-order valence-corrected chi connectivity index (χ1v) is 16.5. The first-order valence-electron chi connectivity index (χ1n) is 14.2. The van der Waals surface area contributed by atoms with Crippen molar-refractivity contribution in [1.29, 1.82) is 0 Å². The first kappa shape index (κ1) is 30.9. The summed E-state index contributed by atoms with van der Waals surface area (Å²) in [6.07, 6.45) is 5.10. The lowest BCUT2D eigenvalue weighted by molar-refractivity contribution is 0.102. The van der Waals surface area contributed by atoms with E-state index in [4.69, 9.17) is 16.3 Å². The van der Waals surface area contributed by atoms with Gasteiger partial charge >= 0.3 is 0 Å². The molecule has 0 saturated carbocycles. The summed E-state index contributed by atoms with van der Waals surface area (Å²) in [7, 11) is -3.45. The summed E-state index contributed by atoms with van der Waals surface area (Å²) < 4.78 is 32.5. The number of rotatable bonds is 12. The molecule has 0 spiro atoms. The Morgan fingerprint density at radius 3 is 2.34 bits per heavy atom. The minimum Gasteiger partial charge on any atom is -0.494 e. The van der Waals surface area contributed by atoms with Crippen molar-refractivity contribution in [3.8, 4) is 5.75 Å². The van der Waals surface area contributed by atoms with Gasteiger partial charge in [-0.1, -0.05) is 23.7 Å². The second-order valence-electron chi connectivity index (χ2n) is 10.6. The lowest BCUT2D eigenvalue weighted by Crippen LogP contribution is -2.35. The zero-order chi connectivity index (χ0) is 29.4. The van der Waals surface area contributed by atoms with E-state index in [1.165, 1.54) is 21.7 Å². The summed E-state index contributed by atoms with van der Waals surface area (Å²) in [4.78, 5) is 15.0. The molecule has 9 heteroatoms. The van der Waals surface area contributed by atoms with Gasteiger partial charge in [-0.05, 0) is 131 Å². The van der Waals surface area contributed by atoms with Crippen molar-refractivity contribution >= 4 is 38.9 Å². The molecule has 41 heavy (non-hydrogen) atoms. The average molecular weight is 598 g/mol. The van der Waals surface area contributed by atoms with Gasteiger partial charge < -0.3 is 15.0 Å². The van der Waals surface area contributed by atoms with Crippen molar-refractivity contribution in [2.45, 2.75) is 45.4 Å². The zero-order valence-corrected chi connectivity index (χ0v) is 25.7. The van der Waals surface area contributed by atoms with Crippen molar-refractivity contribution in [3.63, 3.8) is 0 Å². The van der Waals surface area contributed by atoms with E-state index < -0.39 is 10.0 Å². The van der Waals surface area contributed by atoms with Crippen LogP contribution in [0, 0.1) is 6.92 Å². The average Bonchev–Trinajstić information content (AvgIpc) is 2.94. The van der Waals surface area contributed by atoms with Gasteiger partial charge in [-0.15, -0.1) is 0 Å². The highest BCUT2D eigenvalue weighted by atomic mass is 35.5. The van der Waals surface area contributed by atoms with E-state index in [1.54, 1.807) is 48.5 Å². The van der Waals surface area contributed by atoms with Crippen molar-refractivity contribution in [1.82, 2.24) is 4.90 Å². The summed E-state index contributed by atoms with van der Waals surface area (Å²) in [6, 6.07) is 20.1. The maximum Gasteiger partial charge on any atom is 0.255 e. The molecule has 1 amide bonds. The number of unbranched alkanes of at least 4 members (excludes halogenated alkanes) is 1. The van der Waals surface area contributed by atoms with Crippen LogP contribution in [0.5, 0.6) is 5.75 Å². The van der Waals surface area contributed by atoms with Crippen LogP contribution in [0.15, 0.2) is 66.7 Å². The third kappa shape index (κ3) is 8.71. The molecule has 0 aromatic heterocycles. The molecule has 1 aliphatic heterocycles. The van der Waals surface area contributed by atoms with Gasteiger partial charge in [0.15, 0.2) is 0 Å². The number of hydrogen-bond donors (Lipinski definition) is 1. The Morgan fingerprint density at radius 1 is 1.02 bits per heavy atom. The molecule has 1 heterocycles. The largest absolute Gasteiger partial charge is 0.494 e. The molecule has 4 rings (SSSR count). The van der Waals surface area contributed by atoms with E-state index >= 15 is 0 Å².